The lowest BCUT2D eigenvalue weighted by molar-refractivity contribution is 0.376. The fraction of sp³-hybridized carbons (Fsp3) is 0.600. The first-order chi connectivity index (χ1) is 7.74. The summed E-state index contributed by atoms with van der Waals surface area (Å²) in [5, 5.41) is 9.00. The van der Waals surface area contributed by atoms with Gasteiger partial charge >= 0.3 is 6.01 Å². The zero-order valence-corrected chi connectivity index (χ0v) is 9.34. The predicted molar refractivity (Wildman–Crippen MR) is 57.1 cm³/mol. The van der Waals surface area contributed by atoms with Gasteiger partial charge in [-0.25, -0.2) is 0 Å². The van der Waals surface area contributed by atoms with Crippen molar-refractivity contribution >= 4 is 5.95 Å². The zero-order valence-electron chi connectivity index (χ0n) is 9.34. The minimum absolute atomic E-state index is 0.133. The number of ether oxygens (including phenoxy) is 1. The zero-order chi connectivity index (χ0) is 11.5. The van der Waals surface area contributed by atoms with Crippen molar-refractivity contribution in [1.82, 2.24) is 15.0 Å². The Labute approximate surface area is 93.9 Å². The van der Waals surface area contributed by atoms with Crippen LogP contribution in [0.5, 0.6) is 6.01 Å². The molecular weight excluding hydrogens is 206 g/mol. The number of hydrogen-bond donors (Lipinski definition) is 0. The molecule has 1 aliphatic rings. The fourth-order valence-corrected chi connectivity index (χ4v) is 1.80. The van der Waals surface area contributed by atoms with E-state index in [0.717, 1.165) is 19.4 Å². The van der Waals surface area contributed by atoms with Gasteiger partial charge in [0.2, 0.25) is 5.95 Å². The Morgan fingerprint density at radius 1 is 1.44 bits per heavy atom. The minimum atomic E-state index is -0.133. The molecule has 6 heteroatoms. The van der Waals surface area contributed by atoms with Gasteiger partial charge in [-0.05, 0) is 19.8 Å². The van der Waals surface area contributed by atoms with Gasteiger partial charge in [0.05, 0.1) is 13.2 Å². The third kappa shape index (κ3) is 1.89. The first kappa shape index (κ1) is 10.6. The van der Waals surface area contributed by atoms with Crippen LogP contribution >= 0.6 is 0 Å². The Hall–Kier alpha value is -1.90. The molecule has 0 amide bonds. The molecule has 16 heavy (non-hydrogen) atoms. The number of nitriles is 1. The smallest absolute Gasteiger partial charge is 0.321 e. The minimum Gasteiger partial charge on any atom is -0.467 e. The molecule has 84 valence electrons. The van der Waals surface area contributed by atoms with Crippen LogP contribution < -0.4 is 9.64 Å². The summed E-state index contributed by atoms with van der Waals surface area (Å²) in [6.45, 7) is 2.59. The average Bonchev–Trinajstić information content (AvgIpc) is 2.76. The molecule has 0 aliphatic carbocycles. The van der Waals surface area contributed by atoms with E-state index in [9.17, 15) is 0 Å². The molecule has 1 aromatic rings. The number of anilines is 1. The third-order valence-corrected chi connectivity index (χ3v) is 2.56. The van der Waals surface area contributed by atoms with E-state index in [1.54, 1.807) is 6.92 Å². The molecular formula is C10H13N5O. The van der Waals surface area contributed by atoms with E-state index in [-0.39, 0.29) is 6.04 Å². The van der Waals surface area contributed by atoms with Crippen LogP contribution in [0.1, 0.15) is 18.7 Å². The molecule has 2 rings (SSSR count). The Balaban J connectivity index is 2.33. The van der Waals surface area contributed by atoms with Gasteiger partial charge in [0.1, 0.15) is 11.9 Å². The van der Waals surface area contributed by atoms with Gasteiger partial charge in [-0.1, -0.05) is 0 Å². The van der Waals surface area contributed by atoms with E-state index in [1.807, 2.05) is 4.90 Å². The normalized spacial score (nSPS) is 19.6. The number of aromatic nitrogens is 3. The number of aryl methyl sites for hydroxylation is 1. The first-order valence-electron chi connectivity index (χ1n) is 5.17. The van der Waals surface area contributed by atoms with Crippen LogP contribution in [0.15, 0.2) is 0 Å². The lowest BCUT2D eigenvalue weighted by Crippen LogP contribution is -2.29. The molecule has 0 aromatic carbocycles. The second-order valence-electron chi connectivity index (χ2n) is 3.65. The second-order valence-corrected chi connectivity index (χ2v) is 3.65. The van der Waals surface area contributed by atoms with E-state index >= 15 is 0 Å². The van der Waals surface area contributed by atoms with Crippen molar-refractivity contribution in [1.29, 1.82) is 5.26 Å². The van der Waals surface area contributed by atoms with Gasteiger partial charge in [0, 0.05) is 6.54 Å². The first-order valence-corrected chi connectivity index (χ1v) is 5.17. The van der Waals surface area contributed by atoms with Gasteiger partial charge in [0.25, 0.3) is 0 Å². The van der Waals surface area contributed by atoms with Crippen LogP contribution in [0.25, 0.3) is 0 Å². The van der Waals surface area contributed by atoms with Crippen molar-refractivity contribution in [3.05, 3.63) is 5.82 Å². The predicted octanol–water partition coefficient (Wildman–Crippen LogP) is 0.681. The summed E-state index contributed by atoms with van der Waals surface area (Å²) in [4.78, 5) is 14.3. The van der Waals surface area contributed by atoms with Crippen LogP contribution in [0, 0.1) is 18.3 Å². The van der Waals surface area contributed by atoms with Crippen molar-refractivity contribution < 1.29 is 4.74 Å². The molecule has 1 saturated heterocycles. The summed E-state index contributed by atoms with van der Waals surface area (Å²) in [5.74, 6) is 1.14. The van der Waals surface area contributed by atoms with Crippen LogP contribution in [0.3, 0.4) is 0 Å². The summed E-state index contributed by atoms with van der Waals surface area (Å²) < 4.78 is 4.99. The number of hydrogen-bond acceptors (Lipinski definition) is 6. The van der Waals surface area contributed by atoms with E-state index in [4.69, 9.17) is 10.00 Å². The van der Waals surface area contributed by atoms with Crippen molar-refractivity contribution in [2.45, 2.75) is 25.8 Å². The van der Waals surface area contributed by atoms with E-state index in [0.29, 0.717) is 17.8 Å². The molecule has 0 saturated carbocycles. The van der Waals surface area contributed by atoms with E-state index in [1.165, 1.54) is 7.11 Å². The standard InChI is InChI=1S/C10H13N5O/c1-7-12-9(14-10(13-7)16-2)15-5-3-4-8(15)6-11/h8H,3-5H2,1-2H3/t8-/m0/s1. The van der Waals surface area contributed by atoms with Gasteiger partial charge in [-0.2, -0.15) is 20.2 Å². The maximum Gasteiger partial charge on any atom is 0.321 e. The largest absolute Gasteiger partial charge is 0.467 e. The van der Waals surface area contributed by atoms with Crippen LogP contribution in [-0.4, -0.2) is 34.6 Å². The van der Waals surface area contributed by atoms with E-state index in [2.05, 4.69) is 21.0 Å². The number of nitrogens with zero attached hydrogens (tertiary/aromatic N) is 5. The number of methoxy groups -OCH3 is 1. The average molecular weight is 219 g/mol. The fourth-order valence-electron chi connectivity index (χ4n) is 1.80. The van der Waals surface area contributed by atoms with Crippen molar-refractivity contribution in [2.75, 3.05) is 18.6 Å². The molecule has 0 unspecified atom stereocenters. The molecule has 2 heterocycles. The van der Waals surface area contributed by atoms with Gasteiger partial charge in [0.15, 0.2) is 0 Å². The van der Waals surface area contributed by atoms with Crippen LogP contribution in [-0.2, 0) is 0 Å². The Bertz CT molecular complexity index is 428. The molecule has 0 bridgehead atoms. The van der Waals surface area contributed by atoms with E-state index < -0.39 is 0 Å². The molecule has 1 fully saturated rings. The highest BCUT2D eigenvalue weighted by molar-refractivity contribution is 5.37. The summed E-state index contributed by atoms with van der Waals surface area (Å²) >= 11 is 0. The SMILES string of the molecule is COc1nc(C)nc(N2CCC[C@H]2C#N)n1. The van der Waals surface area contributed by atoms with Crippen molar-refractivity contribution in [3.8, 4) is 12.1 Å². The lowest BCUT2D eigenvalue weighted by atomic mass is 10.2. The Morgan fingerprint density at radius 3 is 2.94 bits per heavy atom. The van der Waals surface area contributed by atoms with Crippen LogP contribution in [0.4, 0.5) is 5.95 Å². The lowest BCUT2D eigenvalue weighted by Gasteiger charge is -2.19. The van der Waals surface area contributed by atoms with Crippen molar-refractivity contribution in [2.24, 2.45) is 0 Å². The number of rotatable bonds is 2. The highest BCUT2D eigenvalue weighted by Gasteiger charge is 2.27. The maximum atomic E-state index is 9.00. The molecule has 0 N–H and O–H groups in total. The highest BCUT2D eigenvalue weighted by atomic mass is 16.5. The highest BCUT2D eigenvalue weighted by Crippen LogP contribution is 2.22. The topological polar surface area (TPSA) is 74.9 Å². The molecule has 6 nitrogen and oxygen atoms in total. The van der Waals surface area contributed by atoms with Gasteiger partial charge in [-0.3, -0.25) is 0 Å². The molecule has 1 atom stereocenters. The third-order valence-electron chi connectivity index (χ3n) is 2.56. The Kier molecular flexibility index (Phi) is 2.86. The summed E-state index contributed by atoms with van der Waals surface area (Å²) in [7, 11) is 1.52. The summed E-state index contributed by atoms with van der Waals surface area (Å²) in [6.07, 6.45) is 1.86. The van der Waals surface area contributed by atoms with Gasteiger partial charge in [-0.15, -0.1) is 0 Å². The summed E-state index contributed by atoms with van der Waals surface area (Å²) in [5.41, 5.74) is 0. The molecule has 1 aromatic heterocycles. The molecule has 0 spiro atoms. The quantitative estimate of drug-likeness (QED) is 0.728. The Morgan fingerprint density at radius 2 is 2.25 bits per heavy atom. The van der Waals surface area contributed by atoms with Gasteiger partial charge < -0.3 is 9.64 Å². The monoisotopic (exact) mass is 219 g/mol. The van der Waals surface area contributed by atoms with Crippen molar-refractivity contribution in [3.63, 3.8) is 0 Å². The van der Waals surface area contributed by atoms with Crippen LogP contribution in [0.2, 0.25) is 0 Å². The summed E-state index contributed by atoms with van der Waals surface area (Å²) in [6, 6.07) is 2.42. The maximum absolute atomic E-state index is 9.00. The molecule has 1 aliphatic heterocycles. The second kappa shape index (κ2) is 4.31. The molecule has 0 radical (unpaired) electrons.